The standard InChI is InChI=1S/C13H25NO2/c1-10(2)12(11-3-4-11)14-9-13(15)5-7-16-8-6-13/h10-12,14-15H,3-9H2,1-2H3. The van der Waals surface area contributed by atoms with E-state index in [9.17, 15) is 5.11 Å². The topological polar surface area (TPSA) is 41.5 Å². The monoisotopic (exact) mass is 227 g/mol. The molecule has 1 saturated carbocycles. The molecule has 0 aromatic carbocycles. The van der Waals surface area contributed by atoms with E-state index in [1.807, 2.05) is 0 Å². The molecule has 2 fully saturated rings. The van der Waals surface area contributed by atoms with Gasteiger partial charge >= 0.3 is 0 Å². The second kappa shape index (κ2) is 5.03. The van der Waals surface area contributed by atoms with Gasteiger partial charge in [-0.3, -0.25) is 0 Å². The van der Waals surface area contributed by atoms with Crippen LogP contribution in [0.2, 0.25) is 0 Å². The summed E-state index contributed by atoms with van der Waals surface area (Å²) in [5.74, 6) is 1.51. The maximum absolute atomic E-state index is 10.4. The van der Waals surface area contributed by atoms with Crippen molar-refractivity contribution < 1.29 is 9.84 Å². The lowest BCUT2D eigenvalue weighted by Gasteiger charge is -2.34. The lowest BCUT2D eigenvalue weighted by Crippen LogP contribution is -2.49. The number of hydrogen-bond acceptors (Lipinski definition) is 3. The Morgan fingerprint density at radius 2 is 1.94 bits per heavy atom. The van der Waals surface area contributed by atoms with Crippen LogP contribution in [0.3, 0.4) is 0 Å². The third-order valence-electron chi connectivity index (χ3n) is 3.94. The van der Waals surface area contributed by atoms with Crippen LogP contribution in [0.25, 0.3) is 0 Å². The fraction of sp³-hybridized carbons (Fsp3) is 1.00. The molecule has 1 aliphatic heterocycles. The summed E-state index contributed by atoms with van der Waals surface area (Å²) in [5.41, 5.74) is -0.527. The third kappa shape index (κ3) is 3.19. The van der Waals surface area contributed by atoms with Crippen LogP contribution in [0.5, 0.6) is 0 Å². The normalized spacial score (nSPS) is 27.0. The van der Waals surface area contributed by atoms with E-state index in [4.69, 9.17) is 4.74 Å². The van der Waals surface area contributed by atoms with Crippen LogP contribution < -0.4 is 5.32 Å². The van der Waals surface area contributed by atoms with Crippen LogP contribution in [-0.4, -0.2) is 36.5 Å². The summed E-state index contributed by atoms with van der Waals surface area (Å²) < 4.78 is 5.29. The molecule has 0 spiro atoms. The van der Waals surface area contributed by atoms with E-state index in [1.54, 1.807) is 0 Å². The Labute approximate surface area is 98.6 Å². The zero-order valence-corrected chi connectivity index (χ0v) is 10.5. The molecule has 0 aromatic heterocycles. The number of nitrogens with one attached hydrogen (secondary N) is 1. The highest BCUT2D eigenvalue weighted by Crippen LogP contribution is 2.36. The van der Waals surface area contributed by atoms with E-state index in [0.717, 1.165) is 25.3 Å². The van der Waals surface area contributed by atoms with Gasteiger partial charge in [-0.15, -0.1) is 0 Å². The smallest absolute Gasteiger partial charge is 0.0815 e. The van der Waals surface area contributed by atoms with Gasteiger partial charge in [-0.05, 0) is 24.7 Å². The molecule has 1 saturated heterocycles. The molecule has 94 valence electrons. The van der Waals surface area contributed by atoms with Crippen LogP contribution in [0.1, 0.15) is 39.5 Å². The highest BCUT2D eigenvalue weighted by molar-refractivity contribution is 4.91. The van der Waals surface area contributed by atoms with Gasteiger partial charge in [0.1, 0.15) is 0 Å². The predicted octanol–water partition coefficient (Wildman–Crippen LogP) is 1.55. The summed E-state index contributed by atoms with van der Waals surface area (Å²) in [7, 11) is 0. The van der Waals surface area contributed by atoms with Crippen molar-refractivity contribution in [3.8, 4) is 0 Å². The fourth-order valence-corrected chi connectivity index (χ4v) is 2.64. The highest BCUT2D eigenvalue weighted by Gasteiger charge is 2.36. The van der Waals surface area contributed by atoms with Crippen molar-refractivity contribution in [1.82, 2.24) is 5.32 Å². The fourth-order valence-electron chi connectivity index (χ4n) is 2.64. The first-order valence-corrected chi connectivity index (χ1v) is 6.64. The average Bonchev–Trinajstić information content (AvgIpc) is 3.02. The molecule has 0 amide bonds. The second-order valence-corrected chi connectivity index (χ2v) is 5.82. The Balaban J connectivity index is 1.79. The quantitative estimate of drug-likeness (QED) is 0.749. The molecule has 2 aliphatic rings. The van der Waals surface area contributed by atoms with Crippen molar-refractivity contribution in [2.24, 2.45) is 11.8 Å². The number of rotatable bonds is 5. The van der Waals surface area contributed by atoms with Gasteiger partial charge in [-0.2, -0.15) is 0 Å². The minimum absolute atomic E-state index is 0.527. The Bertz CT molecular complexity index is 218. The molecule has 16 heavy (non-hydrogen) atoms. The molecule has 1 atom stereocenters. The second-order valence-electron chi connectivity index (χ2n) is 5.82. The summed E-state index contributed by atoms with van der Waals surface area (Å²) in [5, 5.41) is 13.9. The van der Waals surface area contributed by atoms with Gasteiger partial charge in [-0.25, -0.2) is 0 Å². The summed E-state index contributed by atoms with van der Waals surface area (Å²) in [4.78, 5) is 0. The molecule has 2 N–H and O–H groups in total. The van der Waals surface area contributed by atoms with Crippen molar-refractivity contribution in [2.75, 3.05) is 19.8 Å². The van der Waals surface area contributed by atoms with Gasteiger partial charge in [0.05, 0.1) is 5.60 Å². The van der Waals surface area contributed by atoms with Gasteiger partial charge in [0, 0.05) is 38.6 Å². The molecule has 0 aromatic rings. The highest BCUT2D eigenvalue weighted by atomic mass is 16.5. The first kappa shape index (κ1) is 12.3. The largest absolute Gasteiger partial charge is 0.388 e. The van der Waals surface area contributed by atoms with E-state index in [-0.39, 0.29) is 0 Å². The molecule has 0 radical (unpaired) electrons. The van der Waals surface area contributed by atoms with Gasteiger partial charge < -0.3 is 15.2 Å². The first-order chi connectivity index (χ1) is 7.61. The van der Waals surface area contributed by atoms with E-state index < -0.39 is 5.60 Å². The molecule has 1 heterocycles. The van der Waals surface area contributed by atoms with Crippen LogP contribution >= 0.6 is 0 Å². The summed E-state index contributed by atoms with van der Waals surface area (Å²) in [6, 6.07) is 0.590. The molecular formula is C13H25NO2. The minimum atomic E-state index is -0.527. The number of aliphatic hydroxyl groups is 1. The van der Waals surface area contributed by atoms with Crippen LogP contribution in [0.4, 0.5) is 0 Å². The number of ether oxygens (including phenoxy) is 1. The van der Waals surface area contributed by atoms with Crippen molar-refractivity contribution in [3.63, 3.8) is 0 Å². The average molecular weight is 227 g/mol. The Morgan fingerprint density at radius 3 is 2.44 bits per heavy atom. The zero-order chi connectivity index (χ0) is 11.6. The maximum atomic E-state index is 10.4. The third-order valence-corrected chi connectivity index (χ3v) is 3.94. The molecule has 0 bridgehead atoms. The van der Waals surface area contributed by atoms with E-state index in [1.165, 1.54) is 12.8 Å². The molecule has 1 aliphatic carbocycles. The molecule has 3 heteroatoms. The van der Waals surface area contributed by atoms with Crippen molar-refractivity contribution in [3.05, 3.63) is 0 Å². The van der Waals surface area contributed by atoms with Crippen LogP contribution in [0, 0.1) is 11.8 Å². The first-order valence-electron chi connectivity index (χ1n) is 6.64. The van der Waals surface area contributed by atoms with E-state index in [0.29, 0.717) is 25.2 Å². The number of hydrogen-bond donors (Lipinski definition) is 2. The van der Waals surface area contributed by atoms with Gasteiger partial charge in [-0.1, -0.05) is 13.8 Å². The lowest BCUT2D eigenvalue weighted by molar-refractivity contribution is -0.0636. The zero-order valence-electron chi connectivity index (χ0n) is 10.5. The van der Waals surface area contributed by atoms with Crippen molar-refractivity contribution in [1.29, 1.82) is 0 Å². The molecule has 1 unspecified atom stereocenters. The van der Waals surface area contributed by atoms with Gasteiger partial charge in [0.25, 0.3) is 0 Å². The van der Waals surface area contributed by atoms with E-state index in [2.05, 4.69) is 19.2 Å². The lowest BCUT2D eigenvalue weighted by atomic mass is 9.92. The van der Waals surface area contributed by atoms with Crippen molar-refractivity contribution >= 4 is 0 Å². The van der Waals surface area contributed by atoms with Gasteiger partial charge in [0.15, 0.2) is 0 Å². The Morgan fingerprint density at radius 1 is 1.31 bits per heavy atom. The minimum Gasteiger partial charge on any atom is -0.388 e. The van der Waals surface area contributed by atoms with Gasteiger partial charge in [0.2, 0.25) is 0 Å². The van der Waals surface area contributed by atoms with Crippen molar-refractivity contribution in [2.45, 2.75) is 51.2 Å². The van der Waals surface area contributed by atoms with Crippen LogP contribution in [-0.2, 0) is 4.74 Å². The summed E-state index contributed by atoms with van der Waals surface area (Å²) >= 11 is 0. The molecular weight excluding hydrogens is 202 g/mol. The summed E-state index contributed by atoms with van der Waals surface area (Å²) in [6.45, 7) is 6.67. The maximum Gasteiger partial charge on any atom is 0.0815 e. The Kier molecular flexibility index (Phi) is 3.88. The van der Waals surface area contributed by atoms with E-state index >= 15 is 0 Å². The van der Waals surface area contributed by atoms with Crippen LogP contribution in [0.15, 0.2) is 0 Å². The SMILES string of the molecule is CC(C)C(NCC1(O)CCOCC1)C1CC1. The molecule has 3 nitrogen and oxygen atoms in total. The Hall–Kier alpha value is -0.120. The predicted molar refractivity (Wildman–Crippen MR) is 64.4 cm³/mol. The summed E-state index contributed by atoms with van der Waals surface area (Å²) in [6.07, 6.45) is 4.26. The molecule has 2 rings (SSSR count).